The molecule has 0 aliphatic rings. The normalized spacial score (nSPS) is 12.4. The van der Waals surface area contributed by atoms with Gasteiger partial charge in [-0.05, 0) is 38.1 Å². The second kappa shape index (κ2) is 7.29. The van der Waals surface area contributed by atoms with E-state index in [4.69, 9.17) is 4.74 Å². The van der Waals surface area contributed by atoms with Crippen molar-refractivity contribution in [2.75, 3.05) is 13.7 Å². The SMILES string of the molecule is CCCCC(NC)c1ccc(OCC)cc1. The minimum Gasteiger partial charge on any atom is -0.494 e. The molecule has 1 N–H and O–H groups in total. The summed E-state index contributed by atoms with van der Waals surface area (Å²) < 4.78 is 5.43. The largest absolute Gasteiger partial charge is 0.494 e. The number of hydrogen-bond acceptors (Lipinski definition) is 2. The summed E-state index contributed by atoms with van der Waals surface area (Å²) in [6, 6.07) is 8.88. The molecule has 2 nitrogen and oxygen atoms in total. The first-order chi connectivity index (χ1) is 7.81. The van der Waals surface area contributed by atoms with E-state index in [1.807, 2.05) is 14.0 Å². The molecular formula is C14H23NO. The lowest BCUT2D eigenvalue weighted by Gasteiger charge is -2.16. The van der Waals surface area contributed by atoms with Crippen LogP contribution >= 0.6 is 0 Å². The standard InChI is InChI=1S/C14H23NO/c1-4-6-7-14(15-3)12-8-10-13(11-9-12)16-5-2/h8-11,14-15H,4-7H2,1-3H3. The van der Waals surface area contributed by atoms with Crippen LogP contribution in [0.3, 0.4) is 0 Å². The van der Waals surface area contributed by atoms with Gasteiger partial charge in [-0.1, -0.05) is 31.9 Å². The second-order valence-electron chi connectivity index (χ2n) is 3.99. The van der Waals surface area contributed by atoms with Crippen LogP contribution in [-0.2, 0) is 0 Å². The average Bonchev–Trinajstić information content (AvgIpc) is 2.32. The number of rotatable bonds is 7. The Morgan fingerprint density at radius 3 is 2.38 bits per heavy atom. The van der Waals surface area contributed by atoms with E-state index in [1.165, 1.54) is 24.8 Å². The number of unbranched alkanes of at least 4 members (excludes halogenated alkanes) is 1. The van der Waals surface area contributed by atoms with Crippen molar-refractivity contribution in [3.05, 3.63) is 29.8 Å². The van der Waals surface area contributed by atoms with Gasteiger partial charge in [0.25, 0.3) is 0 Å². The van der Waals surface area contributed by atoms with Crippen molar-refractivity contribution in [2.24, 2.45) is 0 Å². The highest BCUT2D eigenvalue weighted by Gasteiger charge is 2.07. The van der Waals surface area contributed by atoms with E-state index in [1.54, 1.807) is 0 Å². The zero-order valence-corrected chi connectivity index (χ0v) is 10.6. The number of nitrogens with one attached hydrogen (secondary N) is 1. The third-order valence-corrected chi connectivity index (χ3v) is 2.79. The number of benzene rings is 1. The monoisotopic (exact) mass is 221 g/mol. The first kappa shape index (κ1) is 13.0. The molecule has 1 aromatic rings. The van der Waals surface area contributed by atoms with E-state index in [0.717, 1.165) is 12.4 Å². The molecule has 0 spiro atoms. The Balaban J connectivity index is 2.62. The van der Waals surface area contributed by atoms with Gasteiger partial charge >= 0.3 is 0 Å². The summed E-state index contributed by atoms with van der Waals surface area (Å²) in [5, 5.41) is 3.36. The van der Waals surface area contributed by atoms with Gasteiger partial charge in [-0.2, -0.15) is 0 Å². The van der Waals surface area contributed by atoms with Gasteiger partial charge in [-0.15, -0.1) is 0 Å². The third-order valence-electron chi connectivity index (χ3n) is 2.79. The van der Waals surface area contributed by atoms with E-state index < -0.39 is 0 Å². The van der Waals surface area contributed by atoms with Crippen LogP contribution in [0.4, 0.5) is 0 Å². The highest BCUT2D eigenvalue weighted by molar-refractivity contribution is 5.29. The molecule has 0 heterocycles. The predicted octanol–water partition coefficient (Wildman–Crippen LogP) is 3.54. The maximum Gasteiger partial charge on any atom is 0.119 e. The molecule has 0 radical (unpaired) electrons. The van der Waals surface area contributed by atoms with Gasteiger partial charge in [0, 0.05) is 6.04 Å². The molecule has 1 aromatic carbocycles. The molecule has 1 unspecified atom stereocenters. The Morgan fingerprint density at radius 1 is 1.19 bits per heavy atom. The lowest BCUT2D eigenvalue weighted by atomic mass is 10.0. The minimum absolute atomic E-state index is 0.468. The average molecular weight is 221 g/mol. The summed E-state index contributed by atoms with van der Waals surface area (Å²) in [5.74, 6) is 0.955. The minimum atomic E-state index is 0.468. The van der Waals surface area contributed by atoms with E-state index in [-0.39, 0.29) is 0 Å². The molecule has 0 bridgehead atoms. The van der Waals surface area contributed by atoms with E-state index in [2.05, 4.69) is 36.5 Å². The molecule has 1 atom stereocenters. The first-order valence-corrected chi connectivity index (χ1v) is 6.21. The Hall–Kier alpha value is -1.02. The fraction of sp³-hybridized carbons (Fsp3) is 0.571. The van der Waals surface area contributed by atoms with Gasteiger partial charge in [-0.25, -0.2) is 0 Å². The number of hydrogen-bond donors (Lipinski definition) is 1. The summed E-state index contributed by atoms with van der Waals surface area (Å²) in [7, 11) is 2.02. The van der Waals surface area contributed by atoms with Gasteiger partial charge in [0.05, 0.1) is 6.61 Å². The number of ether oxygens (including phenoxy) is 1. The lowest BCUT2D eigenvalue weighted by Crippen LogP contribution is -2.16. The zero-order valence-electron chi connectivity index (χ0n) is 10.6. The van der Waals surface area contributed by atoms with Crippen LogP contribution in [0.2, 0.25) is 0 Å². The van der Waals surface area contributed by atoms with Crippen molar-refractivity contribution in [3.63, 3.8) is 0 Å². The molecular weight excluding hydrogens is 198 g/mol. The lowest BCUT2D eigenvalue weighted by molar-refractivity contribution is 0.340. The van der Waals surface area contributed by atoms with Crippen molar-refractivity contribution in [2.45, 2.75) is 39.2 Å². The highest BCUT2D eigenvalue weighted by Crippen LogP contribution is 2.21. The molecule has 0 aromatic heterocycles. The summed E-state index contributed by atoms with van der Waals surface area (Å²) in [6.45, 7) is 4.96. The maximum absolute atomic E-state index is 5.43. The van der Waals surface area contributed by atoms with E-state index in [0.29, 0.717) is 6.04 Å². The summed E-state index contributed by atoms with van der Waals surface area (Å²) in [5.41, 5.74) is 1.35. The zero-order chi connectivity index (χ0) is 11.8. The Kier molecular flexibility index (Phi) is 5.94. The third kappa shape index (κ3) is 3.86. The topological polar surface area (TPSA) is 21.3 Å². The van der Waals surface area contributed by atoms with Crippen molar-refractivity contribution < 1.29 is 4.74 Å². The summed E-state index contributed by atoms with van der Waals surface area (Å²) in [4.78, 5) is 0. The van der Waals surface area contributed by atoms with Crippen LogP contribution in [0.5, 0.6) is 5.75 Å². The summed E-state index contributed by atoms with van der Waals surface area (Å²) >= 11 is 0. The second-order valence-corrected chi connectivity index (χ2v) is 3.99. The molecule has 16 heavy (non-hydrogen) atoms. The van der Waals surface area contributed by atoms with Crippen LogP contribution in [0.1, 0.15) is 44.7 Å². The quantitative estimate of drug-likeness (QED) is 0.760. The Labute approximate surface area is 99.0 Å². The highest BCUT2D eigenvalue weighted by atomic mass is 16.5. The van der Waals surface area contributed by atoms with Gasteiger partial charge in [0.2, 0.25) is 0 Å². The fourth-order valence-electron chi connectivity index (χ4n) is 1.85. The van der Waals surface area contributed by atoms with Crippen LogP contribution in [0, 0.1) is 0 Å². The van der Waals surface area contributed by atoms with Crippen molar-refractivity contribution in [1.29, 1.82) is 0 Å². The molecule has 0 aliphatic carbocycles. The van der Waals surface area contributed by atoms with Crippen LogP contribution in [0.25, 0.3) is 0 Å². The van der Waals surface area contributed by atoms with Crippen molar-refractivity contribution >= 4 is 0 Å². The molecule has 0 amide bonds. The molecule has 1 rings (SSSR count). The van der Waals surface area contributed by atoms with Gasteiger partial charge in [0.1, 0.15) is 5.75 Å². The Morgan fingerprint density at radius 2 is 1.88 bits per heavy atom. The first-order valence-electron chi connectivity index (χ1n) is 6.21. The Bertz CT molecular complexity index is 281. The van der Waals surface area contributed by atoms with Crippen LogP contribution in [-0.4, -0.2) is 13.7 Å². The van der Waals surface area contributed by atoms with Gasteiger partial charge in [0.15, 0.2) is 0 Å². The molecule has 0 saturated carbocycles. The van der Waals surface area contributed by atoms with Crippen LogP contribution in [0.15, 0.2) is 24.3 Å². The molecule has 0 aliphatic heterocycles. The maximum atomic E-state index is 5.43. The molecule has 90 valence electrons. The van der Waals surface area contributed by atoms with Crippen molar-refractivity contribution in [1.82, 2.24) is 5.32 Å². The van der Waals surface area contributed by atoms with E-state index in [9.17, 15) is 0 Å². The summed E-state index contributed by atoms with van der Waals surface area (Å²) in [6.07, 6.45) is 3.70. The molecule has 0 fully saturated rings. The predicted molar refractivity (Wildman–Crippen MR) is 68.9 cm³/mol. The molecule has 2 heteroatoms. The smallest absolute Gasteiger partial charge is 0.119 e. The van der Waals surface area contributed by atoms with Gasteiger partial charge in [-0.3, -0.25) is 0 Å². The molecule has 0 saturated heterocycles. The fourth-order valence-corrected chi connectivity index (χ4v) is 1.85. The van der Waals surface area contributed by atoms with Crippen LogP contribution < -0.4 is 10.1 Å². The van der Waals surface area contributed by atoms with Crippen molar-refractivity contribution in [3.8, 4) is 5.75 Å². The van der Waals surface area contributed by atoms with Gasteiger partial charge < -0.3 is 10.1 Å². The van der Waals surface area contributed by atoms with E-state index >= 15 is 0 Å².